The van der Waals surface area contributed by atoms with Gasteiger partial charge in [-0.15, -0.1) is 0 Å². The first-order chi connectivity index (χ1) is 10.3. The lowest BCUT2D eigenvalue weighted by Gasteiger charge is -2.08. The molecular weight excluding hydrogens is 324 g/mol. The lowest BCUT2D eigenvalue weighted by molar-refractivity contribution is 0.0950. The molecule has 2 rings (SSSR count). The second-order valence-corrected chi connectivity index (χ2v) is 6.80. The number of hydrogen-bond donors (Lipinski definition) is 2. The van der Waals surface area contributed by atoms with Gasteiger partial charge in [-0.25, -0.2) is 13.6 Å². The van der Waals surface area contributed by atoms with Gasteiger partial charge in [0.15, 0.2) is 0 Å². The molecule has 0 aromatic heterocycles. The van der Waals surface area contributed by atoms with Gasteiger partial charge in [0.25, 0.3) is 5.91 Å². The molecule has 0 saturated heterocycles. The molecule has 0 aliphatic rings. The Kier molecular flexibility index (Phi) is 4.85. The fourth-order valence-electron chi connectivity index (χ4n) is 1.97. The normalized spacial score (nSPS) is 11.2. The molecule has 3 N–H and O–H groups in total. The van der Waals surface area contributed by atoms with E-state index in [1.54, 1.807) is 0 Å². The van der Waals surface area contributed by atoms with E-state index in [1.807, 2.05) is 31.2 Å². The Morgan fingerprint density at radius 1 is 1.23 bits per heavy atom. The van der Waals surface area contributed by atoms with Crippen molar-refractivity contribution in [1.29, 1.82) is 0 Å². The molecule has 0 fully saturated rings. The third kappa shape index (κ3) is 4.07. The number of benzene rings is 2. The average Bonchev–Trinajstić information content (AvgIpc) is 2.44. The maximum Gasteiger partial charge on any atom is 0.251 e. The number of rotatable bonds is 4. The molecule has 0 saturated carbocycles. The molecule has 0 atom stereocenters. The number of nitrogens with two attached hydrogens (primary N) is 1. The smallest absolute Gasteiger partial charge is 0.251 e. The van der Waals surface area contributed by atoms with Gasteiger partial charge < -0.3 is 5.32 Å². The van der Waals surface area contributed by atoms with Gasteiger partial charge in [-0.1, -0.05) is 41.4 Å². The third-order valence-corrected chi connectivity index (χ3v) is 4.43. The van der Waals surface area contributed by atoms with Crippen molar-refractivity contribution in [2.24, 2.45) is 5.14 Å². The van der Waals surface area contributed by atoms with Crippen LogP contribution in [0.1, 0.15) is 21.5 Å². The van der Waals surface area contributed by atoms with Crippen molar-refractivity contribution in [3.8, 4) is 0 Å². The van der Waals surface area contributed by atoms with Gasteiger partial charge in [0.1, 0.15) is 4.90 Å². The summed E-state index contributed by atoms with van der Waals surface area (Å²) in [6.45, 7) is 2.30. The van der Waals surface area contributed by atoms with Gasteiger partial charge in [0.2, 0.25) is 10.0 Å². The van der Waals surface area contributed by atoms with E-state index in [4.69, 9.17) is 16.7 Å². The molecule has 0 heterocycles. The fourth-order valence-corrected chi connectivity index (χ4v) is 3.04. The van der Waals surface area contributed by atoms with Crippen molar-refractivity contribution in [2.45, 2.75) is 18.4 Å². The van der Waals surface area contributed by atoms with Crippen molar-refractivity contribution in [1.82, 2.24) is 5.32 Å². The molecule has 2 aromatic rings. The molecule has 0 aliphatic heterocycles. The molecule has 0 aliphatic carbocycles. The van der Waals surface area contributed by atoms with Crippen LogP contribution in [0, 0.1) is 6.92 Å². The van der Waals surface area contributed by atoms with E-state index in [1.165, 1.54) is 18.2 Å². The lowest BCUT2D eigenvalue weighted by Crippen LogP contribution is -2.23. The monoisotopic (exact) mass is 338 g/mol. The van der Waals surface area contributed by atoms with E-state index in [0.29, 0.717) is 6.54 Å². The molecule has 5 nitrogen and oxygen atoms in total. The molecule has 1 amide bonds. The second-order valence-electron chi connectivity index (χ2n) is 4.86. The van der Waals surface area contributed by atoms with Gasteiger partial charge in [0.05, 0.1) is 5.02 Å². The largest absolute Gasteiger partial charge is 0.348 e. The van der Waals surface area contributed by atoms with Crippen LogP contribution in [0.25, 0.3) is 0 Å². The Labute approximate surface area is 134 Å². The van der Waals surface area contributed by atoms with Crippen molar-refractivity contribution in [3.05, 3.63) is 64.2 Å². The number of carbonyl (C=O) groups is 1. The van der Waals surface area contributed by atoms with E-state index < -0.39 is 15.9 Å². The summed E-state index contributed by atoms with van der Waals surface area (Å²) in [6, 6.07) is 11.7. The predicted molar refractivity (Wildman–Crippen MR) is 85.2 cm³/mol. The van der Waals surface area contributed by atoms with E-state index in [-0.39, 0.29) is 15.5 Å². The summed E-state index contributed by atoms with van der Waals surface area (Å²) in [5, 5.41) is 7.77. The van der Waals surface area contributed by atoms with Crippen LogP contribution in [0.4, 0.5) is 0 Å². The maximum absolute atomic E-state index is 12.1. The highest BCUT2D eigenvalue weighted by Gasteiger charge is 2.16. The van der Waals surface area contributed by atoms with Crippen LogP contribution in [0.2, 0.25) is 5.02 Å². The predicted octanol–water partition coefficient (Wildman–Crippen LogP) is 2.23. The highest BCUT2D eigenvalue weighted by atomic mass is 35.5. The maximum atomic E-state index is 12.1. The number of nitrogens with one attached hydrogen (secondary N) is 1. The van der Waals surface area contributed by atoms with Crippen LogP contribution in [-0.2, 0) is 16.6 Å². The zero-order valence-electron chi connectivity index (χ0n) is 11.8. The summed E-state index contributed by atoms with van der Waals surface area (Å²) in [4.78, 5) is 11.8. The highest BCUT2D eigenvalue weighted by Crippen LogP contribution is 2.21. The summed E-state index contributed by atoms with van der Waals surface area (Å²) in [7, 11) is -3.97. The second kappa shape index (κ2) is 6.48. The van der Waals surface area contributed by atoms with Crippen molar-refractivity contribution in [2.75, 3.05) is 0 Å². The summed E-state index contributed by atoms with van der Waals surface area (Å²) in [5.41, 5.74) is 2.23. The van der Waals surface area contributed by atoms with Crippen LogP contribution in [-0.4, -0.2) is 14.3 Å². The van der Waals surface area contributed by atoms with Gasteiger partial charge in [-0.3, -0.25) is 4.79 Å². The van der Waals surface area contributed by atoms with E-state index in [0.717, 1.165) is 11.1 Å². The number of amides is 1. The molecule has 0 bridgehead atoms. The number of aryl methyl sites for hydroxylation is 1. The number of halogens is 1. The molecule has 7 heteroatoms. The third-order valence-electron chi connectivity index (χ3n) is 3.04. The summed E-state index contributed by atoms with van der Waals surface area (Å²) >= 11 is 5.79. The van der Waals surface area contributed by atoms with Gasteiger partial charge in [0, 0.05) is 12.1 Å². The van der Waals surface area contributed by atoms with Crippen LogP contribution in [0.5, 0.6) is 0 Å². The van der Waals surface area contributed by atoms with Gasteiger partial charge >= 0.3 is 0 Å². The van der Waals surface area contributed by atoms with Crippen molar-refractivity contribution in [3.63, 3.8) is 0 Å². The van der Waals surface area contributed by atoms with Crippen molar-refractivity contribution < 1.29 is 13.2 Å². The zero-order valence-corrected chi connectivity index (χ0v) is 13.4. The number of carbonyl (C=O) groups excluding carboxylic acids is 1. The first-order valence-corrected chi connectivity index (χ1v) is 8.36. The van der Waals surface area contributed by atoms with Gasteiger partial charge in [-0.05, 0) is 30.7 Å². The quantitative estimate of drug-likeness (QED) is 0.895. The Balaban J connectivity index is 2.17. The molecule has 0 unspecified atom stereocenters. The summed E-state index contributed by atoms with van der Waals surface area (Å²) in [5.74, 6) is -0.400. The van der Waals surface area contributed by atoms with Gasteiger partial charge in [-0.2, -0.15) is 0 Å². The van der Waals surface area contributed by atoms with Crippen LogP contribution in [0.15, 0.2) is 47.4 Å². The number of primary sulfonamides is 1. The minimum Gasteiger partial charge on any atom is -0.348 e. The molecule has 2 aromatic carbocycles. The van der Waals surface area contributed by atoms with Crippen LogP contribution >= 0.6 is 11.6 Å². The van der Waals surface area contributed by atoms with Crippen LogP contribution in [0.3, 0.4) is 0 Å². The van der Waals surface area contributed by atoms with Crippen molar-refractivity contribution >= 4 is 27.5 Å². The van der Waals surface area contributed by atoms with Crippen LogP contribution < -0.4 is 10.5 Å². The Morgan fingerprint density at radius 2 is 1.95 bits per heavy atom. The number of sulfonamides is 1. The minimum atomic E-state index is -3.97. The lowest BCUT2D eigenvalue weighted by atomic mass is 10.1. The topological polar surface area (TPSA) is 89.3 Å². The molecule has 22 heavy (non-hydrogen) atoms. The summed E-state index contributed by atoms with van der Waals surface area (Å²) in [6.07, 6.45) is 0. The first kappa shape index (κ1) is 16.5. The first-order valence-electron chi connectivity index (χ1n) is 6.43. The number of hydrogen-bond acceptors (Lipinski definition) is 3. The summed E-state index contributed by atoms with van der Waals surface area (Å²) < 4.78 is 22.8. The Hall–Kier alpha value is -1.89. The Morgan fingerprint density at radius 3 is 2.59 bits per heavy atom. The van der Waals surface area contributed by atoms with E-state index >= 15 is 0 Å². The Bertz CT molecular complexity index is 819. The SMILES string of the molecule is Cc1cccc(CNC(=O)c2ccc(Cl)c(S(N)(=O)=O)c2)c1. The average molecular weight is 339 g/mol. The zero-order chi connectivity index (χ0) is 16.3. The van der Waals surface area contributed by atoms with E-state index in [9.17, 15) is 13.2 Å². The molecule has 0 spiro atoms. The molecular formula is C15H15ClN2O3S. The highest BCUT2D eigenvalue weighted by molar-refractivity contribution is 7.89. The standard InChI is InChI=1S/C15H15ClN2O3S/c1-10-3-2-4-11(7-10)9-18-15(19)12-5-6-13(16)14(8-12)22(17,20)21/h2-8H,9H2,1H3,(H,18,19)(H2,17,20,21). The molecule has 116 valence electrons. The molecule has 0 radical (unpaired) electrons. The fraction of sp³-hybridized carbons (Fsp3) is 0.133. The minimum absolute atomic E-state index is 0.0160. The van der Waals surface area contributed by atoms with E-state index in [2.05, 4.69) is 5.32 Å².